The van der Waals surface area contributed by atoms with E-state index in [-0.39, 0.29) is 0 Å². The summed E-state index contributed by atoms with van der Waals surface area (Å²) in [6.07, 6.45) is 4.52. The lowest BCUT2D eigenvalue weighted by Crippen LogP contribution is -2.48. The van der Waals surface area contributed by atoms with E-state index in [0.29, 0.717) is 36.6 Å². The van der Waals surface area contributed by atoms with Crippen LogP contribution in [0.4, 0.5) is 5.69 Å². The zero-order valence-corrected chi connectivity index (χ0v) is 17.2. The van der Waals surface area contributed by atoms with Gasteiger partial charge in [-0.2, -0.15) is 9.57 Å². The van der Waals surface area contributed by atoms with Gasteiger partial charge < -0.3 is 4.90 Å². The molecule has 0 amide bonds. The minimum atomic E-state index is -3.46. The molecule has 3 rings (SSSR count). The van der Waals surface area contributed by atoms with E-state index in [1.165, 1.54) is 18.4 Å². The van der Waals surface area contributed by atoms with Crippen molar-refractivity contribution in [3.63, 3.8) is 0 Å². The number of hydrogen-bond donors (Lipinski definition) is 0. The fourth-order valence-electron chi connectivity index (χ4n) is 3.49. The lowest BCUT2D eigenvalue weighted by molar-refractivity contribution is 0.385. The summed E-state index contributed by atoms with van der Waals surface area (Å²) in [5, 5.41) is 8.91. The van der Waals surface area contributed by atoms with Gasteiger partial charge in [-0.25, -0.2) is 8.42 Å². The van der Waals surface area contributed by atoms with Crippen LogP contribution in [0.5, 0.6) is 0 Å². The Morgan fingerprint density at radius 1 is 0.929 bits per heavy atom. The summed E-state index contributed by atoms with van der Waals surface area (Å²) in [5.74, 6) is 0. The summed E-state index contributed by atoms with van der Waals surface area (Å²) in [5.41, 5.74) is 2.84. The molecule has 2 aromatic rings. The number of piperazine rings is 1. The number of aryl methyl sites for hydroxylation is 1. The number of rotatable bonds is 7. The average molecular weight is 398 g/mol. The second kappa shape index (κ2) is 9.22. The van der Waals surface area contributed by atoms with Gasteiger partial charge in [0, 0.05) is 31.9 Å². The molecular formula is C22H27N3O2S. The number of sulfonamides is 1. The van der Waals surface area contributed by atoms with Gasteiger partial charge in [0.15, 0.2) is 0 Å². The molecule has 0 saturated carbocycles. The molecule has 1 aliphatic heterocycles. The number of hydrogen-bond acceptors (Lipinski definition) is 4. The van der Waals surface area contributed by atoms with E-state index < -0.39 is 10.0 Å². The van der Waals surface area contributed by atoms with E-state index >= 15 is 0 Å². The predicted molar refractivity (Wildman–Crippen MR) is 112 cm³/mol. The molecule has 0 radical (unpaired) electrons. The van der Waals surface area contributed by atoms with Gasteiger partial charge in [-0.05, 0) is 54.8 Å². The van der Waals surface area contributed by atoms with Crippen LogP contribution in [0.3, 0.4) is 0 Å². The van der Waals surface area contributed by atoms with E-state index in [1.807, 2.05) is 24.3 Å². The first-order valence-electron chi connectivity index (χ1n) is 9.89. The smallest absolute Gasteiger partial charge is 0.243 e. The molecule has 6 heteroatoms. The molecule has 2 aromatic carbocycles. The summed E-state index contributed by atoms with van der Waals surface area (Å²) in [6.45, 7) is 4.37. The quantitative estimate of drug-likeness (QED) is 0.667. The van der Waals surface area contributed by atoms with Crippen LogP contribution >= 0.6 is 0 Å². The van der Waals surface area contributed by atoms with E-state index in [1.54, 1.807) is 28.6 Å². The Morgan fingerprint density at radius 3 is 2.14 bits per heavy atom. The first-order chi connectivity index (χ1) is 13.5. The fraction of sp³-hybridized carbons (Fsp3) is 0.409. The van der Waals surface area contributed by atoms with Crippen LogP contribution in [0.15, 0.2) is 53.4 Å². The molecule has 1 aliphatic rings. The number of nitriles is 1. The summed E-state index contributed by atoms with van der Waals surface area (Å²) in [6, 6.07) is 16.9. The van der Waals surface area contributed by atoms with Crippen molar-refractivity contribution in [2.75, 3.05) is 31.1 Å². The summed E-state index contributed by atoms with van der Waals surface area (Å²) < 4.78 is 27.5. The van der Waals surface area contributed by atoms with Crippen LogP contribution in [-0.2, 0) is 16.4 Å². The molecule has 0 N–H and O–H groups in total. The van der Waals surface area contributed by atoms with Crippen molar-refractivity contribution in [1.29, 1.82) is 5.26 Å². The lowest BCUT2D eigenvalue weighted by Gasteiger charge is -2.35. The number of nitrogens with zero attached hydrogens (tertiary/aromatic N) is 3. The van der Waals surface area contributed by atoms with E-state index in [0.717, 1.165) is 18.5 Å². The monoisotopic (exact) mass is 397 g/mol. The Bertz CT molecular complexity index is 908. The normalized spacial score (nSPS) is 15.4. The fourth-order valence-corrected chi connectivity index (χ4v) is 4.91. The zero-order chi connectivity index (χ0) is 20.0. The van der Waals surface area contributed by atoms with Crippen molar-refractivity contribution in [3.8, 4) is 6.07 Å². The summed E-state index contributed by atoms with van der Waals surface area (Å²) in [7, 11) is -3.46. The van der Waals surface area contributed by atoms with Crippen LogP contribution in [-0.4, -0.2) is 38.9 Å². The molecule has 148 valence electrons. The van der Waals surface area contributed by atoms with E-state index in [2.05, 4.69) is 17.9 Å². The largest absolute Gasteiger partial charge is 0.369 e. The van der Waals surface area contributed by atoms with Crippen molar-refractivity contribution in [2.24, 2.45) is 0 Å². The number of benzene rings is 2. The standard InChI is InChI=1S/C22H27N3O2S/c1-2-3-4-5-19-8-12-22(13-9-19)28(26,27)25-16-14-24(15-17-25)21-10-6-20(18-23)7-11-21/h6-13H,2-5,14-17H2,1H3. The summed E-state index contributed by atoms with van der Waals surface area (Å²) >= 11 is 0. The molecule has 0 bridgehead atoms. The second-order valence-electron chi connectivity index (χ2n) is 7.15. The highest BCUT2D eigenvalue weighted by Gasteiger charge is 2.28. The first kappa shape index (κ1) is 20.4. The second-order valence-corrected chi connectivity index (χ2v) is 9.09. The minimum absolute atomic E-state index is 0.374. The van der Waals surface area contributed by atoms with E-state index in [9.17, 15) is 8.42 Å². The zero-order valence-electron chi connectivity index (χ0n) is 16.3. The Kier molecular flexibility index (Phi) is 6.71. The third-order valence-electron chi connectivity index (χ3n) is 5.23. The predicted octanol–water partition coefficient (Wildman–Crippen LogP) is 3.80. The molecule has 1 fully saturated rings. The Balaban J connectivity index is 1.61. The van der Waals surface area contributed by atoms with Gasteiger partial charge in [-0.15, -0.1) is 0 Å². The molecular weight excluding hydrogens is 370 g/mol. The molecule has 0 aliphatic carbocycles. The van der Waals surface area contributed by atoms with Crippen LogP contribution in [0.1, 0.15) is 37.3 Å². The number of unbranched alkanes of at least 4 members (excludes halogenated alkanes) is 2. The van der Waals surface area contributed by atoms with Gasteiger partial charge in [0.05, 0.1) is 16.5 Å². The van der Waals surface area contributed by atoms with Gasteiger partial charge >= 0.3 is 0 Å². The SMILES string of the molecule is CCCCCc1ccc(S(=O)(=O)N2CCN(c3ccc(C#N)cc3)CC2)cc1. The maximum atomic E-state index is 13.0. The highest BCUT2D eigenvalue weighted by Crippen LogP contribution is 2.22. The first-order valence-corrected chi connectivity index (χ1v) is 11.3. The Labute approximate surface area is 168 Å². The van der Waals surface area contributed by atoms with Crippen molar-refractivity contribution < 1.29 is 8.42 Å². The molecule has 0 aromatic heterocycles. The van der Waals surface area contributed by atoms with Gasteiger partial charge in [0.25, 0.3) is 0 Å². The Morgan fingerprint density at radius 2 is 1.57 bits per heavy atom. The highest BCUT2D eigenvalue weighted by molar-refractivity contribution is 7.89. The highest BCUT2D eigenvalue weighted by atomic mass is 32.2. The average Bonchev–Trinajstić information content (AvgIpc) is 2.74. The van der Waals surface area contributed by atoms with Crippen molar-refractivity contribution >= 4 is 15.7 Å². The topological polar surface area (TPSA) is 64.4 Å². The van der Waals surface area contributed by atoms with Crippen LogP contribution < -0.4 is 4.90 Å². The van der Waals surface area contributed by atoms with Gasteiger partial charge in [0.2, 0.25) is 10.0 Å². The molecule has 5 nitrogen and oxygen atoms in total. The lowest BCUT2D eigenvalue weighted by atomic mass is 10.1. The maximum Gasteiger partial charge on any atom is 0.243 e. The van der Waals surface area contributed by atoms with Crippen molar-refractivity contribution in [2.45, 2.75) is 37.5 Å². The molecule has 0 atom stereocenters. The van der Waals surface area contributed by atoms with Crippen LogP contribution in [0.25, 0.3) is 0 Å². The third-order valence-corrected chi connectivity index (χ3v) is 7.14. The summed E-state index contributed by atoms with van der Waals surface area (Å²) in [4.78, 5) is 2.53. The molecule has 1 heterocycles. The Hall–Kier alpha value is -2.36. The molecule has 1 saturated heterocycles. The molecule has 28 heavy (non-hydrogen) atoms. The van der Waals surface area contributed by atoms with Crippen LogP contribution in [0, 0.1) is 11.3 Å². The van der Waals surface area contributed by atoms with Gasteiger partial charge in [-0.1, -0.05) is 31.9 Å². The molecule has 0 unspecified atom stereocenters. The van der Waals surface area contributed by atoms with E-state index in [4.69, 9.17) is 5.26 Å². The van der Waals surface area contributed by atoms with Crippen molar-refractivity contribution in [1.82, 2.24) is 4.31 Å². The van der Waals surface area contributed by atoms with Gasteiger partial charge in [0.1, 0.15) is 0 Å². The maximum absolute atomic E-state index is 13.0. The van der Waals surface area contributed by atoms with Crippen LogP contribution in [0.2, 0.25) is 0 Å². The van der Waals surface area contributed by atoms with Gasteiger partial charge in [-0.3, -0.25) is 0 Å². The molecule has 0 spiro atoms. The third kappa shape index (κ3) is 4.73. The number of anilines is 1. The van der Waals surface area contributed by atoms with Crippen molar-refractivity contribution in [3.05, 3.63) is 59.7 Å². The minimum Gasteiger partial charge on any atom is -0.369 e.